The Hall–Kier alpha value is -3.66. The van der Waals surface area contributed by atoms with Crippen molar-refractivity contribution in [2.75, 3.05) is 25.6 Å². The van der Waals surface area contributed by atoms with Crippen molar-refractivity contribution in [3.8, 4) is 0 Å². The summed E-state index contributed by atoms with van der Waals surface area (Å²) in [6, 6.07) is 1.23. The highest BCUT2D eigenvalue weighted by Crippen LogP contribution is 2.60. The van der Waals surface area contributed by atoms with Crippen LogP contribution in [0.2, 0.25) is 0 Å². The fraction of sp³-hybridized carbons (Fsp3) is 0.698. The molecule has 434 valence electrons. The molecule has 23 heteroatoms. The van der Waals surface area contributed by atoms with E-state index in [-0.39, 0.29) is 31.5 Å². The van der Waals surface area contributed by atoms with E-state index in [1.165, 1.54) is 88.8 Å². The molecule has 0 amide bonds. The number of rotatable bonds is 43. The lowest BCUT2D eigenvalue weighted by molar-refractivity contribution is -0.161. The number of nitrogens with two attached hydrogens (primary N) is 1. The van der Waals surface area contributed by atoms with E-state index in [4.69, 9.17) is 29.0 Å². The third-order valence-corrected chi connectivity index (χ3v) is 15.1. The third-order valence-electron chi connectivity index (χ3n) is 12.5. The second-order valence-corrected chi connectivity index (χ2v) is 22.2. The molecular formula is C53H89N3O18P2. The third kappa shape index (κ3) is 31.7. The monoisotopic (exact) mass is 1120 g/mol. The van der Waals surface area contributed by atoms with Crippen LogP contribution in [0.15, 0.2) is 77.8 Å². The number of anilines is 1. The van der Waals surface area contributed by atoms with Gasteiger partial charge in [-0.1, -0.05) is 178 Å². The minimum atomic E-state index is -5.52. The van der Waals surface area contributed by atoms with Crippen LogP contribution in [0, 0.1) is 5.92 Å². The second kappa shape index (κ2) is 39.7. The summed E-state index contributed by atoms with van der Waals surface area (Å²) < 4.78 is 56.6. The zero-order valence-corrected chi connectivity index (χ0v) is 46.6. The van der Waals surface area contributed by atoms with Crippen molar-refractivity contribution in [3.63, 3.8) is 0 Å². The van der Waals surface area contributed by atoms with Gasteiger partial charge in [0.15, 0.2) is 12.3 Å². The first kappa shape index (κ1) is 68.4. The van der Waals surface area contributed by atoms with Crippen molar-refractivity contribution in [2.45, 2.75) is 211 Å². The molecule has 1 aliphatic rings. The summed E-state index contributed by atoms with van der Waals surface area (Å²) in [7, 11) is -11.0. The standard InChI is InChI=1S/C53H89N3O18P2/c1-4-6-23-30-42(57)31-25-20-17-18-21-26-32-44(58)45(59)33-28-35-49(61)72-43(38-69-48(60)34-27-22-16-14-12-10-8-7-9-11-13-15-19-24-29-41(3)5-2)39-70-75(65,66)74-76(67,68)71-40-46-50(62)51(63)52(73-46)56-37-36-47(54)55-53(56)64/h6,17-18,20-21,23,25-26,31-32,36-37,41-46,50-52,57-59,62-63H,4-5,7-16,19,22,24,27-30,33-35,38-40H2,1-3H3,(H,65,66)(H,67,68)(H2,54,55,64)/b20-17+,21-18-,23-6-,31-25+,32-26-/t41?,42-,43+,44+,45+,46+,50+,51+,52+/m0/s1. The average molecular weight is 1120 g/mol. The number of hydrogen-bond acceptors (Lipinski definition) is 18. The Bertz CT molecular complexity index is 2080. The Labute approximate surface area is 449 Å². The van der Waals surface area contributed by atoms with Gasteiger partial charge in [0.25, 0.3) is 0 Å². The molecule has 3 unspecified atom stereocenters. The molecule has 1 aromatic heterocycles. The molecule has 21 nitrogen and oxygen atoms in total. The molecule has 9 N–H and O–H groups in total. The van der Waals surface area contributed by atoms with Gasteiger partial charge >= 0.3 is 33.3 Å². The van der Waals surface area contributed by atoms with Crippen LogP contribution >= 0.6 is 15.6 Å². The van der Waals surface area contributed by atoms with Gasteiger partial charge in [-0.3, -0.25) is 23.2 Å². The van der Waals surface area contributed by atoms with Crippen LogP contribution in [-0.4, -0.2) is 119 Å². The normalized spacial score (nSPS) is 20.9. The van der Waals surface area contributed by atoms with E-state index < -0.39 is 102 Å². The number of ether oxygens (including phenoxy) is 3. The van der Waals surface area contributed by atoms with Crippen LogP contribution < -0.4 is 11.4 Å². The number of hydrogen-bond donors (Lipinski definition) is 8. The van der Waals surface area contributed by atoms with E-state index in [9.17, 15) is 58.8 Å². The quantitative estimate of drug-likeness (QED) is 0.0100. The number of phosphoric acid groups is 2. The fourth-order valence-electron chi connectivity index (χ4n) is 7.81. The Morgan fingerprint density at radius 3 is 1.92 bits per heavy atom. The molecule has 0 spiro atoms. The van der Waals surface area contributed by atoms with E-state index in [1.54, 1.807) is 36.5 Å². The van der Waals surface area contributed by atoms with Crippen LogP contribution in [0.5, 0.6) is 0 Å². The Balaban J connectivity index is 1.87. The maximum absolute atomic E-state index is 12.9. The number of aliphatic hydroxyl groups is 5. The summed E-state index contributed by atoms with van der Waals surface area (Å²) in [6.07, 6.45) is 26.5. The predicted molar refractivity (Wildman–Crippen MR) is 288 cm³/mol. The van der Waals surface area contributed by atoms with Crippen LogP contribution in [0.1, 0.15) is 168 Å². The van der Waals surface area contributed by atoms with Gasteiger partial charge in [0.1, 0.15) is 30.7 Å². The Morgan fingerprint density at radius 2 is 1.32 bits per heavy atom. The van der Waals surface area contributed by atoms with Crippen LogP contribution in [0.4, 0.5) is 5.82 Å². The van der Waals surface area contributed by atoms with Crippen molar-refractivity contribution in [1.29, 1.82) is 0 Å². The molecule has 0 radical (unpaired) electrons. The maximum atomic E-state index is 12.9. The van der Waals surface area contributed by atoms with Crippen molar-refractivity contribution in [3.05, 3.63) is 83.5 Å². The molecule has 76 heavy (non-hydrogen) atoms. The lowest BCUT2D eigenvalue weighted by Gasteiger charge is -2.21. The summed E-state index contributed by atoms with van der Waals surface area (Å²) >= 11 is 0. The number of esters is 2. The number of phosphoric ester groups is 2. The van der Waals surface area contributed by atoms with Gasteiger partial charge in [-0.25, -0.2) is 13.9 Å². The van der Waals surface area contributed by atoms with Gasteiger partial charge in [0.05, 0.1) is 31.5 Å². The van der Waals surface area contributed by atoms with Crippen molar-refractivity contribution < 1.29 is 81.6 Å². The number of aromatic nitrogens is 2. The largest absolute Gasteiger partial charge is 0.481 e. The number of allylic oxidation sites excluding steroid dienone is 7. The van der Waals surface area contributed by atoms with Crippen molar-refractivity contribution in [2.24, 2.45) is 5.92 Å². The van der Waals surface area contributed by atoms with Crippen molar-refractivity contribution >= 4 is 33.4 Å². The lowest BCUT2D eigenvalue weighted by atomic mass is 9.99. The van der Waals surface area contributed by atoms with Crippen LogP contribution in [-0.2, 0) is 46.3 Å². The molecule has 1 saturated heterocycles. The molecule has 1 aromatic rings. The molecule has 0 aliphatic carbocycles. The summed E-state index contributed by atoms with van der Waals surface area (Å²) in [6.45, 7) is 3.99. The highest BCUT2D eigenvalue weighted by Gasteiger charge is 2.46. The number of unbranched alkanes of at least 4 members (excludes halogenated alkanes) is 13. The minimum absolute atomic E-state index is 0.0273. The number of nitrogens with zero attached hydrogens (tertiary/aromatic N) is 2. The highest BCUT2D eigenvalue weighted by atomic mass is 31.3. The Kier molecular flexibility index (Phi) is 35.7. The average Bonchev–Trinajstić information content (AvgIpc) is 3.65. The zero-order valence-electron chi connectivity index (χ0n) is 44.8. The van der Waals surface area contributed by atoms with Gasteiger partial charge in [-0.15, -0.1) is 0 Å². The molecule has 2 rings (SSSR count). The summed E-state index contributed by atoms with van der Waals surface area (Å²) in [5.74, 6) is -0.818. The zero-order chi connectivity index (χ0) is 56.2. The van der Waals surface area contributed by atoms with Gasteiger partial charge in [-0.05, 0) is 44.1 Å². The van der Waals surface area contributed by atoms with E-state index in [2.05, 4.69) is 23.1 Å². The molecule has 11 atom stereocenters. The SMILES string of the molecule is CC/C=C\C[C@H](O)/C=C/C=C/C=C\C=C/[C@@H](O)[C@H](O)CCCC(=O)O[C@H](COC(=O)CCCCCCCCCCCCCCCCC(C)CC)COP(=O)(O)OP(=O)(O)OC[C@H]1O[C@@H](n2ccc(N)nc2=O)[C@H](O)[C@@H]1O. The number of aliphatic hydroxyl groups excluding tert-OH is 5. The van der Waals surface area contributed by atoms with Crippen molar-refractivity contribution in [1.82, 2.24) is 9.55 Å². The Morgan fingerprint density at radius 1 is 0.750 bits per heavy atom. The lowest BCUT2D eigenvalue weighted by Crippen LogP contribution is -2.36. The molecule has 0 saturated carbocycles. The summed E-state index contributed by atoms with van der Waals surface area (Å²) in [5.41, 5.74) is 4.56. The topological polar surface area (TPSA) is 326 Å². The number of carbonyl (C=O) groups is 2. The predicted octanol–water partition coefficient (Wildman–Crippen LogP) is 8.27. The minimum Gasteiger partial charge on any atom is -0.462 e. The molecule has 0 bridgehead atoms. The van der Waals surface area contributed by atoms with E-state index >= 15 is 0 Å². The molecule has 1 aliphatic heterocycles. The number of carbonyl (C=O) groups excluding carboxylic acids is 2. The molecule has 2 heterocycles. The molecule has 1 fully saturated rings. The van der Waals surface area contributed by atoms with E-state index in [0.717, 1.165) is 48.8 Å². The first-order valence-corrected chi connectivity index (χ1v) is 30.0. The first-order chi connectivity index (χ1) is 36.3. The van der Waals surface area contributed by atoms with E-state index in [1.807, 2.05) is 19.1 Å². The molecule has 0 aromatic carbocycles. The maximum Gasteiger partial charge on any atom is 0.481 e. The number of nitrogen functional groups attached to an aromatic ring is 1. The fourth-order valence-corrected chi connectivity index (χ4v) is 9.92. The van der Waals surface area contributed by atoms with Gasteiger partial charge in [-0.2, -0.15) is 9.29 Å². The van der Waals surface area contributed by atoms with Gasteiger partial charge in [0.2, 0.25) is 0 Å². The van der Waals surface area contributed by atoms with Gasteiger partial charge in [0, 0.05) is 19.0 Å². The summed E-state index contributed by atoms with van der Waals surface area (Å²) in [5, 5.41) is 51.7. The highest BCUT2D eigenvalue weighted by molar-refractivity contribution is 7.61. The smallest absolute Gasteiger partial charge is 0.462 e. The van der Waals surface area contributed by atoms with Crippen LogP contribution in [0.3, 0.4) is 0 Å². The molecular weight excluding hydrogens is 1030 g/mol. The van der Waals surface area contributed by atoms with Gasteiger partial charge < -0.3 is 55.3 Å². The summed E-state index contributed by atoms with van der Waals surface area (Å²) in [4.78, 5) is 62.1. The second-order valence-electron chi connectivity index (χ2n) is 19.2. The first-order valence-electron chi connectivity index (χ1n) is 27.0. The van der Waals surface area contributed by atoms with E-state index in [0.29, 0.717) is 12.8 Å². The van der Waals surface area contributed by atoms with Crippen LogP contribution in [0.25, 0.3) is 0 Å².